The number of ether oxygens (including phenoxy) is 1. The molecule has 1 aliphatic heterocycles. The monoisotopic (exact) mass is 476 g/mol. The minimum absolute atomic E-state index is 0.00813. The summed E-state index contributed by atoms with van der Waals surface area (Å²) >= 11 is 0. The number of carbonyl (C=O) groups is 3. The van der Waals surface area contributed by atoms with E-state index in [1.807, 2.05) is 31.2 Å². The zero-order valence-corrected chi connectivity index (χ0v) is 20.0. The Kier molecular flexibility index (Phi) is 6.50. The Morgan fingerprint density at radius 2 is 1.66 bits per heavy atom. The first-order valence-electron chi connectivity index (χ1n) is 12.6. The number of fused-ring (bicyclic) bond motifs is 3. The summed E-state index contributed by atoms with van der Waals surface area (Å²) in [5.41, 5.74) is 4.76. The van der Waals surface area contributed by atoms with Crippen LogP contribution in [-0.2, 0) is 14.3 Å². The van der Waals surface area contributed by atoms with Gasteiger partial charge in [-0.15, -0.1) is 0 Å². The van der Waals surface area contributed by atoms with Crippen LogP contribution in [0.2, 0.25) is 0 Å². The molecule has 3 aliphatic rings. The van der Waals surface area contributed by atoms with Gasteiger partial charge < -0.3 is 20.1 Å². The second-order valence-electron chi connectivity index (χ2n) is 10.1. The minimum Gasteiger partial charge on any atom is -0.481 e. The first kappa shape index (κ1) is 23.4. The van der Waals surface area contributed by atoms with Crippen molar-refractivity contribution in [1.82, 2.24) is 10.2 Å². The maximum Gasteiger partial charge on any atom is 0.407 e. The lowest BCUT2D eigenvalue weighted by Gasteiger charge is -2.24. The molecule has 7 heteroatoms. The molecule has 35 heavy (non-hydrogen) atoms. The van der Waals surface area contributed by atoms with Crippen LogP contribution in [0.3, 0.4) is 0 Å². The molecule has 0 bridgehead atoms. The van der Waals surface area contributed by atoms with Crippen molar-refractivity contribution in [3.63, 3.8) is 0 Å². The molecule has 1 saturated carbocycles. The molecular formula is C28H32N2O5. The van der Waals surface area contributed by atoms with Gasteiger partial charge in [-0.05, 0) is 60.8 Å². The summed E-state index contributed by atoms with van der Waals surface area (Å²) in [5.74, 6) is -1.07. The molecule has 184 valence electrons. The average molecular weight is 477 g/mol. The minimum atomic E-state index is -0.832. The van der Waals surface area contributed by atoms with Crippen molar-refractivity contribution in [3.8, 4) is 11.1 Å². The van der Waals surface area contributed by atoms with Gasteiger partial charge in [0.15, 0.2) is 0 Å². The summed E-state index contributed by atoms with van der Waals surface area (Å²) in [7, 11) is 0. The third-order valence-electron chi connectivity index (χ3n) is 8.06. The van der Waals surface area contributed by atoms with Crippen molar-refractivity contribution in [3.05, 3.63) is 59.7 Å². The van der Waals surface area contributed by atoms with Crippen LogP contribution in [0, 0.1) is 11.8 Å². The molecule has 1 saturated heterocycles. The third-order valence-corrected chi connectivity index (χ3v) is 8.06. The van der Waals surface area contributed by atoms with Gasteiger partial charge >= 0.3 is 12.1 Å². The summed E-state index contributed by atoms with van der Waals surface area (Å²) in [5, 5.41) is 12.3. The van der Waals surface area contributed by atoms with E-state index in [-0.39, 0.29) is 36.4 Å². The molecule has 4 atom stereocenters. The van der Waals surface area contributed by atoms with Gasteiger partial charge in [0.05, 0.1) is 5.92 Å². The van der Waals surface area contributed by atoms with Crippen molar-refractivity contribution in [2.45, 2.75) is 57.0 Å². The fourth-order valence-corrected chi connectivity index (χ4v) is 6.18. The number of alkyl carbamates (subject to hydrolysis) is 1. The van der Waals surface area contributed by atoms with E-state index in [2.05, 4.69) is 29.6 Å². The van der Waals surface area contributed by atoms with E-state index in [0.717, 1.165) is 19.3 Å². The highest BCUT2D eigenvalue weighted by Crippen LogP contribution is 2.44. The summed E-state index contributed by atoms with van der Waals surface area (Å²) in [6.07, 6.45) is 2.92. The van der Waals surface area contributed by atoms with E-state index in [1.165, 1.54) is 22.3 Å². The molecule has 1 heterocycles. The highest BCUT2D eigenvalue weighted by Gasteiger charge is 2.39. The highest BCUT2D eigenvalue weighted by molar-refractivity contribution is 5.80. The molecule has 0 spiro atoms. The Balaban J connectivity index is 1.11. The van der Waals surface area contributed by atoms with E-state index >= 15 is 0 Å². The molecule has 0 aromatic heterocycles. The second-order valence-corrected chi connectivity index (χ2v) is 10.1. The number of amides is 2. The maximum atomic E-state index is 12.8. The van der Waals surface area contributed by atoms with Gasteiger partial charge in [0.25, 0.3) is 0 Å². The van der Waals surface area contributed by atoms with Crippen molar-refractivity contribution in [2.24, 2.45) is 11.8 Å². The highest BCUT2D eigenvalue weighted by atomic mass is 16.5. The van der Waals surface area contributed by atoms with Gasteiger partial charge in [-0.1, -0.05) is 48.5 Å². The van der Waals surface area contributed by atoms with Crippen molar-refractivity contribution in [1.29, 1.82) is 0 Å². The van der Waals surface area contributed by atoms with Crippen LogP contribution in [0.1, 0.15) is 56.1 Å². The SMILES string of the molecule is CC1C(C(=O)O)CCN1C(=O)C[C@@H]1CC[C@H](NC(=O)OCC2c3ccccc3-c3ccccc32)C1. The van der Waals surface area contributed by atoms with Crippen LogP contribution < -0.4 is 5.32 Å². The Hall–Kier alpha value is -3.35. The molecule has 2 aromatic carbocycles. The zero-order valence-electron chi connectivity index (χ0n) is 20.0. The fraction of sp³-hybridized carbons (Fsp3) is 0.464. The lowest BCUT2D eigenvalue weighted by atomic mass is 9.98. The molecule has 2 amide bonds. The maximum absolute atomic E-state index is 12.8. The lowest BCUT2D eigenvalue weighted by Crippen LogP contribution is -2.38. The molecule has 7 nitrogen and oxygen atoms in total. The Labute approximate surface area is 205 Å². The molecule has 2 aromatic rings. The summed E-state index contributed by atoms with van der Waals surface area (Å²) < 4.78 is 5.67. The van der Waals surface area contributed by atoms with Gasteiger partial charge in [-0.3, -0.25) is 9.59 Å². The molecule has 5 rings (SSSR count). The standard InChI is InChI=1S/C28H32N2O5/c1-17-20(27(32)33)12-13-30(17)26(31)15-18-10-11-19(14-18)29-28(34)35-16-25-23-8-4-2-6-21(23)22-7-3-5-9-24(22)25/h2-9,17-20,25H,10-16H2,1H3,(H,29,34)(H,32,33)/t17?,18-,19+,20?/m1/s1. The smallest absolute Gasteiger partial charge is 0.407 e. The van der Waals surface area contributed by atoms with E-state index in [1.54, 1.807) is 4.90 Å². The lowest BCUT2D eigenvalue weighted by molar-refractivity contribution is -0.143. The van der Waals surface area contributed by atoms with Crippen LogP contribution >= 0.6 is 0 Å². The van der Waals surface area contributed by atoms with Gasteiger partial charge in [0.2, 0.25) is 5.91 Å². The zero-order chi connectivity index (χ0) is 24.5. The first-order valence-corrected chi connectivity index (χ1v) is 12.6. The van der Waals surface area contributed by atoms with E-state index in [0.29, 0.717) is 19.4 Å². The van der Waals surface area contributed by atoms with Crippen molar-refractivity contribution >= 4 is 18.0 Å². The predicted molar refractivity (Wildman–Crippen MR) is 131 cm³/mol. The van der Waals surface area contributed by atoms with Crippen LogP contribution in [0.15, 0.2) is 48.5 Å². The quantitative estimate of drug-likeness (QED) is 0.644. The number of hydrogen-bond donors (Lipinski definition) is 2. The van der Waals surface area contributed by atoms with E-state index in [4.69, 9.17) is 4.74 Å². The van der Waals surface area contributed by atoms with Crippen molar-refractivity contribution < 1.29 is 24.2 Å². The van der Waals surface area contributed by atoms with Crippen LogP contribution in [0.5, 0.6) is 0 Å². The molecule has 2 unspecified atom stereocenters. The number of benzene rings is 2. The number of aliphatic carboxylic acids is 1. The van der Waals surface area contributed by atoms with E-state index in [9.17, 15) is 19.5 Å². The van der Waals surface area contributed by atoms with Crippen LogP contribution in [0.4, 0.5) is 4.79 Å². The Bertz CT molecular complexity index is 1090. The van der Waals surface area contributed by atoms with Gasteiger partial charge in [-0.25, -0.2) is 4.79 Å². The summed E-state index contributed by atoms with van der Waals surface area (Å²) in [6.45, 7) is 2.61. The van der Waals surface area contributed by atoms with E-state index < -0.39 is 18.0 Å². The number of carbonyl (C=O) groups excluding carboxylic acids is 2. The normalized spacial score (nSPS) is 25.2. The van der Waals surface area contributed by atoms with Crippen molar-refractivity contribution in [2.75, 3.05) is 13.2 Å². The number of nitrogens with zero attached hydrogens (tertiary/aromatic N) is 1. The van der Waals surface area contributed by atoms with Crippen LogP contribution in [0.25, 0.3) is 11.1 Å². The topological polar surface area (TPSA) is 95.9 Å². The Morgan fingerprint density at radius 1 is 1.00 bits per heavy atom. The number of likely N-dealkylation sites (tertiary alicyclic amines) is 1. The number of rotatable bonds is 6. The predicted octanol–water partition coefficient (Wildman–Crippen LogP) is 4.41. The Morgan fingerprint density at radius 3 is 2.29 bits per heavy atom. The third kappa shape index (κ3) is 4.64. The van der Waals surface area contributed by atoms with Crippen LogP contribution in [-0.4, -0.2) is 53.2 Å². The number of nitrogens with one attached hydrogen (secondary N) is 1. The number of carboxylic acids is 1. The molecule has 2 aliphatic carbocycles. The fourth-order valence-electron chi connectivity index (χ4n) is 6.18. The number of carboxylic acid groups (broad SMARTS) is 1. The van der Waals surface area contributed by atoms with Gasteiger partial charge in [0, 0.05) is 31.0 Å². The molecular weight excluding hydrogens is 444 g/mol. The average Bonchev–Trinajstić information content (AvgIpc) is 3.53. The number of hydrogen-bond acceptors (Lipinski definition) is 4. The van der Waals surface area contributed by atoms with Gasteiger partial charge in [0.1, 0.15) is 6.61 Å². The second kappa shape index (κ2) is 9.72. The molecule has 0 radical (unpaired) electrons. The molecule has 2 fully saturated rings. The van der Waals surface area contributed by atoms with Gasteiger partial charge in [-0.2, -0.15) is 0 Å². The first-order chi connectivity index (χ1) is 16.9. The largest absolute Gasteiger partial charge is 0.481 e. The summed E-state index contributed by atoms with van der Waals surface area (Å²) in [4.78, 5) is 38.4. The summed E-state index contributed by atoms with van der Waals surface area (Å²) in [6, 6.07) is 16.2. The molecule has 2 N–H and O–H groups in total.